The van der Waals surface area contributed by atoms with Crippen molar-refractivity contribution in [3.63, 3.8) is 0 Å². The third kappa shape index (κ3) is 7.04. The maximum atomic E-state index is 6.54. The van der Waals surface area contributed by atoms with Crippen LogP contribution in [0.3, 0.4) is 0 Å². The van der Waals surface area contributed by atoms with E-state index in [9.17, 15) is 0 Å². The molecular weight excluding hydrogens is 492 g/mol. The number of methoxy groups -OCH3 is 2. The van der Waals surface area contributed by atoms with Gasteiger partial charge in [0.2, 0.25) is 0 Å². The van der Waals surface area contributed by atoms with Crippen LogP contribution in [0.25, 0.3) is 0 Å². The zero-order valence-electron chi connectivity index (χ0n) is 23.1. The second-order valence-corrected chi connectivity index (χ2v) is 10.1. The number of piperidine rings is 1. The van der Waals surface area contributed by atoms with E-state index < -0.39 is 0 Å². The molecule has 5 rings (SSSR count). The van der Waals surface area contributed by atoms with Gasteiger partial charge in [-0.1, -0.05) is 42.5 Å². The molecule has 2 heterocycles. The highest BCUT2D eigenvalue weighted by Gasteiger charge is 2.27. The van der Waals surface area contributed by atoms with Gasteiger partial charge in [-0.25, -0.2) is 0 Å². The number of rotatable bonds is 12. The van der Waals surface area contributed by atoms with Gasteiger partial charge in [0, 0.05) is 32.7 Å². The number of anilines is 1. The summed E-state index contributed by atoms with van der Waals surface area (Å²) in [7, 11) is 3.41. The minimum Gasteiger partial charge on any atom is -0.493 e. The van der Waals surface area contributed by atoms with Gasteiger partial charge in [-0.05, 0) is 60.3 Å². The minimum atomic E-state index is 0.111. The topological polar surface area (TPSA) is 61.4 Å². The Labute approximate surface area is 232 Å². The number of nitrogens with zero attached hydrogens (tertiary/aromatic N) is 1. The molecule has 39 heavy (non-hydrogen) atoms. The number of nitrogens with one attached hydrogen (secondary N) is 1. The molecule has 1 fully saturated rings. The fraction of sp³-hybridized carbons (Fsp3) is 0.438. The van der Waals surface area contributed by atoms with Gasteiger partial charge in [0.25, 0.3) is 0 Å². The largest absolute Gasteiger partial charge is 0.493 e. The first-order chi connectivity index (χ1) is 19.2. The summed E-state index contributed by atoms with van der Waals surface area (Å²) in [6.07, 6.45) is 2.16. The summed E-state index contributed by atoms with van der Waals surface area (Å²) < 4.78 is 29.1. The maximum absolute atomic E-state index is 6.54. The van der Waals surface area contributed by atoms with Crippen molar-refractivity contribution >= 4 is 5.69 Å². The zero-order chi connectivity index (χ0) is 26.9. The molecule has 0 aromatic heterocycles. The molecule has 7 nitrogen and oxygen atoms in total. The van der Waals surface area contributed by atoms with Gasteiger partial charge in [-0.15, -0.1) is 0 Å². The average Bonchev–Trinajstić information content (AvgIpc) is 3.00. The lowest BCUT2D eigenvalue weighted by molar-refractivity contribution is 0.0106. The van der Waals surface area contributed by atoms with Gasteiger partial charge in [0.05, 0.1) is 32.1 Å². The van der Waals surface area contributed by atoms with Crippen LogP contribution in [0.5, 0.6) is 17.2 Å². The molecule has 3 aromatic carbocycles. The SMILES string of the molecule is COCCCN1CCOc2ccc(CO[C@H]3CNCC[C@@H]3c3ccc(COc4ccccc4OC)cc3)cc21. The lowest BCUT2D eigenvalue weighted by atomic mass is 9.87. The van der Waals surface area contributed by atoms with Crippen LogP contribution >= 0.6 is 0 Å². The number of ether oxygens (including phenoxy) is 5. The number of hydrogen-bond acceptors (Lipinski definition) is 7. The van der Waals surface area contributed by atoms with Crippen LogP contribution in [0.15, 0.2) is 66.7 Å². The monoisotopic (exact) mass is 532 g/mol. The lowest BCUT2D eigenvalue weighted by Gasteiger charge is -2.33. The highest BCUT2D eigenvalue weighted by atomic mass is 16.5. The average molecular weight is 533 g/mol. The van der Waals surface area contributed by atoms with Gasteiger partial charge >= 0.3 is 0 Å². The summed E-state index contributed by atoms with van der Waals surface area (Å²) in [6.45, 7) is 6.26. The van der Waals surface area contributed by atoms with Crippen LogP contribution in [0.2, 0.25) is 0 Å². The maximum Gasteiger partial charge on any atom is 0.161 e. The van der Waals surface area contributed by atoms with Gasteiger partial charge in [-0.3, -0.25) is 0 Å². The van der Waals surface area contributed by atoms with Crippen LogP contribution in [0.4, 0.5) is 5.69 Å². The van der Waals surface area contributed by atoms with Gasteiger partial charge in [0.15, 0.2) is 11.5 Å². The van der Waals surface area contributed by atoms with E-state index in [4.69, 9.17) is 23.7 Å². The molecule has 0 spiro atoms. The van der Waals surface area contributed by atoms with E-state index in [1.807, 2.05) is 24.3 Å². The number of hydrogen-bond donors (Lipinski definition) is 1. The summed E-state index contributed by atoms with van der Waals surface area (Å²) in [5.41, 5.74) is 4.76. The molecule has 208 valence electrons. The van der Waals surface area contributed by atoms with Crippen molar-refractivity contribution in [1.29, 1.82) is 0 Å². The van der Waals surface area contributed by atoms with Crippen molar-refractivity contribution in [2.24, 2.45) is 0 Å². The Morgan fingerprint density at radius 1 is 0.949 bits per heavy atom. The second-order valence-electron chi connectivity index (χ2n) is 10.1. The third-order valence-electron chi connectivity index (χ3n) is 7.52. The molecule has 2 aliphatic rings. The van der Waals surface area contributed by atoms with E-state index in [2.05, 4.69) is 52.7 Å². The standard InChI is InChI=1S/C32H40N2O5/c1-35-18-5-16-34-17-19-37-29-13-10-25(20-28(29)34)23-39-32-21-33-15-14-27(32)26-11-8-24(9-12-26)22-38-31-7-4-3-6-30(31)36-2/h3-4,6-13,20,27,32-33H,5,14-19,21-23H2,1-2H3/t27-,32+/m1/s1. The van der Waals surface area contributed by atoms with E-state index in [0.717, 1.165) is 80.7 Å². The Bertz CT molecular complexity index is 1190. The Balaban J connectivity index is 1.20. The molecule has 7 heteroatoms. The zero-order valence-corrected chi connectivity index (χ0v) is 23.1. The molecule has 1 saturated heterocycles. The molecular formula is C32H40N2O5. The van der Waals surface area contributed by atoms with Gasteiger partial charge < -0.3 is 33.9 Å². The number of para-hydroxylation sites is 2. The van der Waals surface area contributed by atoms with Crippen LogP contribution in [0, 0.1) is 0 Å². The predicted octanol–water partition coefficient (Wildman–Crippen LogP) is 5.17. The van der Waals surface area contributed by atoms with Crippen LogP contribution in [-0.2, 0) is 22.7 Å². The second kappa shape index (κ2) is 13.7. The molecule has 0 bridgehead atoms. The Hall–Kier alpha value is -3.26. The van der Waals surface area contributed by atoms with E-state index >= 15 is 0 Å². The minimum absolute atomic E-state index is 0.111. The number of benzene rings is 3. The van der Waals surface area contributed by atoms with E-state index in [1.165, 1.54) is 11.1 Å². The first-order valence-electron chi connectivity index (χ1n) is 13.9. The van der Waals surface area contributed by atoms with Crippen LogP contribution in [-0.4, -0.2) is 59.7 Å². The molecule has 2 atom stereocenters. The molecule has 0 radical (unpaired) electrons. The summed E-state index contributed by atoms with van der Waals surface area (Å²) in [6, 6.07) is 22.9. The van der Waals surface area contributed by atoms with Crippen LogP contribution in [0.1, 0.15) is 35.4 Å². The normalized spacial score (nSPS) is 18.8. The fourth-order valence-corrected chi connectivity index (χ4v) is 5.39. The molecule has 1 N–H and O–H groups in total. The van der Waals surface area contributed by atoms with Crippen molar-refractivity contribution in [3.8, 4) is 17.2 Å². The van der Waals surface area contributed by atoms with Crippen molar-refractivity contribution in [3.05, 3.63) is 83.4 Å². The van der Waals surface area contributed by atoms with Gasteiger partial charge in [-0.2, -0.15) is 0 Å². The van der Waals surface area contributed by atoms with E-state index in [1.54, 1.807) is 14.2 Å². The Morgan fingerprint density at radius 2 is 1.77 bits per heavy atom. The highest BCUT2D eigenvalue weighted by molar-refractivity contribution is 5.61. The van der Waals surface area contributed by atoms with Crippen LogP contribution < -0.4 is 24.4 Å². The molecule has 0 saturated carbocycles. The van der Waals surface area contributed by atoms with Crippen molar-refractivity contribution < 1.29 is 23.7 Å². The molecule has 3 aromatic rings. The van der Waals surface area contributed by atoms with Crippen molar-refractivity contribution in [2.75, 3.05) is 58.5 Å². The molecule has 2 aliphatic heterocycles. The summed E-state index contributed by atoms with van der Waals surface area (Å²) in [4.78, 5) is 2.39. The smallest absolute Gasteiger partial charge is 0.161 e. The van der Waals surface area contributed by atoms with Gasteiger partial charge in [0.1, 0.15) is 19.0 Å². The first kappa shape index (κ1) is 27.3. The number of fused-ring (bicyclic) bond motifs is 1. The summed E-state index contributed by atoms with van der Waals surface area (Å²) in [5, 5.41) is 3.52. The summed E-state index contributed by atoms with van der Waals surface area (Å²) >= 11 is 0. The highest BCUT2D eigenvalue weighted by Crippen LogP contribution is 2.34. The van der Waals surface area contributed by atoms with E-state index in [-0.39, 0.29) is 6.10 Å². The Kier molecular flexibility index (Phi) is 9.59. The van der Waals surface area contributed by atoms with Crippen molar-refractivity contribution in [2.45, 2.75) is 38.1 Å². The van der Waals surface area contributed by atoms with Crippen molar-refractivity contribution in [1.82, 2.24) is 5.32 Å². The lowest BCUT2D eigenvalue weighted by Crippen LogP contribution is -2.41. The van der Waals surface area contributed by atoms with E-state index in [0.29, 0.717) is 19.1 Å². The fourth-order valence-electron chi connectivity index (χ4n) is 5.39. The summed E-state index contributed by atoms with van der Waals surface area (Å²) in [5.74, 6) is 2.80. The predicted molar refractivity (Wildman–Crippen MR) is 153 cm³/mol. The molecule has 0 unspecified atom stereocenters. The first-order valence-corrected chi connectivity index (χ1v) is 13.9. The quantitative estimate of drug-likeness (QED) is 0.323. The molecule has 0 aliphatic carbocycles. The molecule has 0 amide bonds. The Morgan fingerprint density at radius 3 is 2.59 bits per heavy atom. The third-order valence-corrected chi connectivity index (χ3v) is 7.52.